The van der Waals surface area contributed by atoms with Crippen molar-refractivity contribution >= 4 is 35.1 Å². The van der Waals surface area contributed by atoms with Gasteiger partial charge < -0.3 is 14.4 Å². The van der Waals surface area contributed by atoms with E-state index in [4.69, 9.17) is 21.1 Å². The van der Waals surface area contributed by atoms with Crippen LogP contribution in [0, 0.1) is 0 Å². The van der Waals surface area contributed by atoms with Crippen molar-refractivity contribution in [3.8, 4) is 5.75 Å². The average molecular weight is 493 g/mol. The van der Waals surface area contributed by atoms with Gasteiger partial charge in [-0.1, -0.05) is 60.1 Å². The number of para-hydroxylation sites is 1. The topological polar surface area (TPSA) is 76.2 Å². The van der Waals surface area contributed by atoms with Gasteiger partial charge in [0.2, 0.25) is 5.91 Å². The number of benzene rings is 3. The molecule has 0 saturated heterocycles. The Balaban J connectivity index is 1.55. The Hall–Kier alpha value is -3.84. The van der Waals surface area contributed by atoms with Crippen LogP contribution in [0.1, 0.15) is 28.4 Å². The molecule has 1 aliphatic rings. The van der Waals surface area contributed by atoms with Gasteiger partial charge in [0, 0.05) is 12.2 Å². The molecule has 7 nitrogen and oxygen atoms in total. The molecule has 1 heterocycles. The van der Waals surface area contributed by atoms with Crippen LogP contribution < -0.4 is 9.64 Å². The third-order valence-corrected chi connectivity index (χ3v) is 5.89. The third-order valence-electron chi connectivity index (χ3n) is 5.58. The number of hydrogen-bond donors (Lipinski definition) is 0. The van der Waals surface area contributed by atoms with Gasteiger partial charge in [0.25, 0.3) is 5.91 Å². The maximum absolute atomic E-state index is 13.5. The van der Waals surface area contributed by atoms with Crippen molar-refractivity contribution in [2.75, 3.05) is 24.6 Å². The summed E-state index contributed by atoms with van der Waals surface area (Å²) < 4.78 is 10.8. The second-order valence-electron chi connectivity index (χ2n) is 7.99. The van der Waals surface area contributed by atoms with Crippen molar-refractivity contribution in [3.05, 3.63) is 94.5 Å². The fourth-order valence-corrected chi connectivity index (χ4v) is 4.11. The van der Waals surface area contributed by atoms with Crippen LogP contribution in [-0.4, -0.2) is 42.4 Å². The highest BCUT2D eigenvalue weighted by molar-refractivity contribution is 6.34. The first kappa shape index (κ1) is 24.3. The minimum absolute atomic E-state index is 0.183. The van der Waals surface area contributed by atoms with Gasteiger partial charge in [-0.05, 0) is 42.3 Å². The summed E-state index contributed by atoms with van der Waals surface area (Å²) in [7, 11) is 0. The van der Waals surface area contributed by atoms with Crippen LogP contribution in [0.4, 0.5) is 5.69 Å². The fourth-order valence-electron chi connectivity index (χ4n) is 3.86. The van der Waals surface area contributed by atoms with Crippen molar-refractivity contribution in [3.63, 3.8) is 0 Å². The van der Waals surface area contributed by atoms with Gasteiger partial charge in [-0.2, -0.15) is 0 Å². The molecule has 0 aliphatic carbocycles. The highest BCUT2D eigenvalue weighted by Crippen LogP contribution is 2.30. The number of carbonyl (C=O) groups is 3. The number of halogens is 1. The second kappa shape index (κ2) is 11.1. The number of carbonyl (C=O) groups excluding carboxylic acids is 3. The molecule has 0 N–H and O–H groups in total. The van der Waals surface area contributed by atoms with E-state index in [1.54, 1.807) is 37.3 Å². The summed E-state index contributed by atoms with van der Waals surface area (Å²) in [6, 6.07) is 21.8. The first-order valence-electron chi connectivity index (χ1n) is 11.3. The Bertz CT molecular complexity index is 1230. The number of amides is 2. The summed E-state index contributed by atoms with van der Waals surface area (Å²) in [5.74, 6) is -0.736. The molecule has 180 valence electrons. The fraction of sp³-hybridized carbons (Fsp3) is 0.222. The van der Waals surface area contributed by atoms with Crippen molar-refractivity contribution in [1.29, 1.82) is 0 Å². The predicted molar refractivity (Wildman–Crippen MR) is 132 cm³/mol. The van der Waals surface area contributed by atoms with Crippen LogP contribution in [0.5, 0.6) is 5.75 Å². The van der Waals surface area contributed by atoms with Gasteiger partial charge in [0.1, 0.15) is 25.4 Å². The van der Waals surface area contributed by atoms with Gasteiger partial charge in [0.05, 0.1) is 17.2 Å². The summed E-state index contributed by atoms with van der Waals surface area (Å²) >= 11 is 6.48. The Morgan fingerprint density at radius 1 is 0.971 bits per heavy atom. The molecule has 0 fully saturated rings. The van der Waals surface area contributed by atoms with E-state index in [1.807, 2.05) is 42.5 Å². The van der Waals surface area contributed by atoms with E-state index in [-0.39, 0.29) is 42.7 Å². The van der Waals surface area contributed by atoms with Crippen LogP contribution in [0.25, 0.3) is 0 Å². The zero-order chi connectivity index (χ0) is 24.8. The molecule has 0 aromatic heterocycles. The van der Waals surface area contributed by atoms with Gasteiger partial charge in [0.15, 0.2) is 0 Å². The lowest BCUT2D eigenvalue weighted by Crippen LogP contribution is -2.42. The van der Waals surface area contributed by atoms with Crippen LogP contribution in [0.3, 0.4) is 0 Å². The third kappa shape index (κ3) is 5.81. The van der Waals surface area contributed by atoms with Gasteiger partial charge >= 0.3 is 5.97 Å². The van der Waals surface area contributed by atoms with E-state index in [9.17, 15) is 14.4 Å². The molecule has 3 aromatic carbocycles. The Labute approximate surface area is 208 Å². The van der Waals surface area contributed by atoms with Crippen LogP contribution >= 0.6 is 11.6 Å². The quantitative estimate of drug-likeness (QED) is 0.455. The predicted octanol–water partition coefficient (Wildman–Crippen LogP) is 4.47. The number of nitrogens with zero attached hydrogens (tertiary/aromatic N) is 2. The van der Waals surface area contributed by atoms with Crippen molar-refractivity contribution < 1.29 is 23.9 Å². The summed E-state index contributed by atoms with van der Waals surface area (Å²) in [6.07, 6.45) is 0. The van der Waals surface area contributed by atoms with Crippen molar-refractivity contribution in [2.24, 2.45) is 0 Å². The molecule has 4 rings (SSSR count). The van der Waals surface area contributed by atoms with E-state index in [0.717, 1.165) is 11.1 Å². The number of hydrogen-bond acceptors (Lipinski definition) is 5. The summed E-state index contributed by atoms with van der Waals surface area (Å²) in [5, 5.41) is 0.220. The number of esters is 1. The molecule has 0 unspecified atom stereocenters. The standard InChI is InChI=1S/C27H25ClN2O5/c1-2-34-26(32)17-29-15-20-10-6-7-11-24(20)30(16-25(29)31)27(33)22-13-12-21(14-23(22)28)35-18-19-8-4-3-5-9-19/h3-14H,2,15-18H2,1H3. The zero-order valence-corrected chi connectivity index (χ0v) is 20.0. The highest BCUT2D eigenvalue weighted by Gasteiger charge is 2.31. The maximum atomic E-state index is 13.5. The normalized spacial score (nSPS) is 13.1. The molecule has 0 radical (unpaired) electrons. The van der Waals surface area contributed by atoms with Crippen molar-refractivity contribution in [1.82, 2.24) is 4.90 Å². The minimum atomic E-state index is -0.493. The van der Waals surface area contributed by atoms with E-state index >= 15 is 0 Å². The lowest BCUT2D eigenvalue weighted by atomic mass is 10.1. The molecular formula is C27H25ClN2O5. The highest BCUT2D eigenvalue weighted by atomic mass is 35.5. The lowest BCUT2D eigenvalue weighted by molar-refractivity contribution is -0.148. The Morgan fingerprint density at radius 3 is 2.46 bits per heavy atom. The number of fused-ring (bicyclic) bond motifs is 1. The number of rotatable bonds is 7. The average Bonchev–Trinajstić information content (AvgIpc) is 2.99. The molecule has 3 aromatic rings. The van der Waals surface area contributed by atoms with E-state index < -0.39 is 11.9 Å². The minimum Gasteiger partial charge on any atom is -0.489 e. The van der Waals surface area contributed by atoms with Crippen LogP contribution in [0.2, 0.25) is 5.02 Å². The van der Waals surface area contributed by atoms with Crippen LogP contribution in [-0.2, 0) is 27.5 Å². The molecule has 35 heavy (non-hydrogen) atoms. The van der Waals surface area contributed by atoms with E-state index in [2.05, 4.69) is 0 Å². The van der Waals surface area contributed by atoms with Gasteiger partial charge in [-0.25, -0.2) is 0 Å². The summed E-state index contributed by atoms with van der Waals surface area (Å²) in [6.45, 7) is 2.09. The second-order valence-corrected chi connectivity index (χ2v) is 8.40. The monoisotopic (exact) mass is 492 g/mol. The molecule has 8 heteroatoms. The zero-order valence-electron chi connectivity index (χ0n) is 19.3. The maximum Gasteiger partial charge on any atom is 0.325 e. The molecule has 0 saturated carbocycles. The van der Waals surface area contributed by atoms with E-state index in [1.165, 1.54) is 9.80 Å². The first-order chi connectivity index (χ1) is 17.0. The molecular weight excluding hydrogens is 468 g/mol. The first-order valence-corrected chi connectivity index (χ1v) is 11.6. The van der Waals surface area contributed by atoms with E-state index in [0.29, 0.717) is 18.0 Å². The van der Waals surface area contributed by atoms with Gasteiger partial charge in [-0.3, -0.25) is 19.3 Å². The largest absolute Gasteiger partial charge is 0.489 e. The molecule has 1 aliphatic heterocycles. The Kier molecular flexibility index (Phi) is 7.67. The van der Waals surface area contributed by atoms with Crippen LogP contribution in [0.15, 0.2) is 72.8 Å². The molecule has 0 atom stereocenters. The summed E-state index contributed by atoms with van der Waals surface area (Å²) in [5.41, 5.74) is 2.60. The molecule has 0 spiro atoms. The number of anilines is 1. The summed E-state index contributed by atoms with van der Waals surface area (Å²) in [4.78, 5) is 41.3. The SMILES string of the molecule is CCOC(=O)CN1Cc2ccccc2N(C(=O)c2ccc(OCc3ccccc3)cc2Cl)CC1=O. The van der Waals surface area contributed by atoms with Crippen molar-refractivity contribution in [2.45, 2.75) is 20.1 Å². The molecule has 2 amide bonds. The lowest BCUT2D eigenvalue weighted by Gasteiger charge is -2.23. The molecule has 0 bridgehead atoms. The smallest absolute Gasteiger partial charge is 0.325 e. The number of ether oxygens (including phenoxy) is 2. The Morgan fingerprint density at radius 2 is 1.71 bits per heavy atom. The van der Waals surface area contributed by atoms with Gasteiger partial charge in [-0.15, -0.1) is 0 Å².